The number of benzene rings is 8. The summed E-state index contributed by atoms with van der Waals surface area (Å²) in [4.78, 5) is 2.44. The van der Waals surface area contributed by atoms with Crippen LogP contribution in [-0.2, 0) is 5.41 Å². The Morgan fingerprint density at radius 1 is 0.392 bits per heavy atom. The lowest BCUT2D eigenvalue weighted by Gasteiger charge is -2.34. The van der Waals surface area contributed by atoms with Gasteiger partial charge in [0.25, 0.3) is 0 Å². The fourth-order valence-electron chi connectivity index (χ4n) is 8.45. The Morgan fingerprint density at radius 2 is 0.961 bits per heavy atom. The second-order valence-corrected chi connectivity index (χ2v) is 14.3. The minimum atomic E-state index is -0.424. The van der Waals surface area contributed by atoms with E-state index in [1.165, 1.54) is 70.4 Å². The van der Waals surface area contributed by atoms with Crippen molar-refractivity contribution in [1.29, 1.82) is 0 Å². The molecule has 240 valence electrons. The molecule has 0 saturated carbocycles. The summed E-state index contributed by atoms with van der Waals surface area (Å²) >= 11 is 1.89. The van der Waals surface area contributed by atoms with Crippen LogP contribution in [0.2, 0.25) is 0 Å². The zero-order valence-corrected chi connectivity index (χ0v) is 28.7. The first kappa shape index (κ1) is 29.7. The molecule has 0 amide bonds. The Kier molecular flexibility index (Phi) is 6.97. The van der Waals surface area contributed by atoms with Gasteiger partial charge in [-0.3, -0.25) is 0 Å². The van der Waals surface area contributed by atoms with Gasteiger partial charge >= 0.3 is 0 Å². The monoisotopic (exact) mass is 667 g/mol. The lowest BCUT2D eigenvalue weighted by molar-refractivity contribution is 0.770. The van der Waals surface area contributed by atoms with Gasteiger partial charge in [0.15, 0.2) is 0 Å². The van der Waals surface area contributed by atoms with E-state index >= 15 is 0 Å². The van der Waals surface area contributed by atoms with E-state index in [9.17, 15) is 0 Å². The molecule has 1 aliphatic rings. The lowest BCUT2D eigenvalue weighted by atomic mass is 9.67. The smallest absolute Gasteiger partial charge is 0.0714 e. The molecule has 1 aromatic heterocycles. The molecule has 0 unspecified atom stereocenters. The van der Waals surface area contributed by atoms with Gasteiger partial charge in [0.1, 0.15) is 0 Å². The highest BCUT2D eigenvalue weighted by molar-refractivity contribution is 7.26. The molecular formula is C49H33NS. The Hall–Kier alpha value is -6.22. The first-order chi connectivity index (χ1) is 25.3. The maximum absolute atomic E-state index is 2.47. The number of fused-ring (bicyclic) bond motifs is 6. The van der Waals surface area contributed by atoms with Gasteiger partial charge in [0.05, 0.1) is 16.8 Å². The molecule has 1 aliphatic carbocycles. The minimum Gasteiger partial charge on any atom is -0.309 e. The first-order valence-corrected chi connectivity index (χ1v) is 18.3. The van der Waals surface area contributed by atoms with Gasteiger partial charge in [0.2, 0.25) is 0 Å². The zero-order valence-electron chi connectivity index (χ0n) is 27.9. The Balaban J connectivity index is 1.23. The minimum absolute atomic E-state index is 0.424. The average molecular weight is 668 g/mol. The molecule has 51 heavy (non-hydrogen) atoms. The van der Waals surface area contributed by atoms with Gasteiger partial charge in [-0.05, 0) is 75.3 Å². The van der Waals surface area contributed by atoms with E-state index in [1.54, 1.807) is 0 Å². The van der Waals surface area contributed by atoms with Crippen LogP contribution in [0.25, 0.3) is 42.4 Å². The SMILES string of the molecule is c1ccc(-c2ccccc2N(c2ccccc2)c2cccc3sc4cc(C5(c6ccccc6)c6ccccc6-c6ccccc65)ccc4c23)cc1. The topological polar surface area (TPSA) is 3.24 Å². The second kappa shape index (κ2) is 12.0. The highest BCUT2D eigenvalue weighted by Crippen LogP contribution is 2.57. The summed E-state index contributed by atoms with van der Waals surface area (Å²) in [6.07, 6.45) is 0. The van der Waals surface area contributed by atoms with E-state index in [0.29, 0.717) is 0 Å². The quantitative estimate of drug-likeness (QED) is 0.171. The number of rotatable bonds is 6. The van der Waals surface area contributed by atoms with Crippen molar-refractivity contribution in [1.82, 2.24) is 0 Å². The highest BCUT2D eigenvalue weighted by atomic mass is 32.1. The molecule has 0 fully saturated rings. The second-order valence-electron chi connectivity index (χ2n) is 13.2. The van der Waals surface area contributed by atoms with Crippen LogP contribution < -0.4 is 4.90 Å². The molecular weight excluding hydrogens is 635 g/mol. The van der Waals surface area contributed by atoms with E-state index in [2.05, 4.69) is 205 Å². The fraction of sp³-hybridized carbons (Fsp3) is 0.0204. The summed E-state index contributed by atoms with van der Waals surface area (Å²) in [5, 5.41) is 2.55. The summed E-state index contributed by atoms with van der Waals surface area (Å²) in [7, 11) is 0. The molecule has 0 atom stereocenters. The Bertz CT molecular complexity index is 2650. The molecule has 0 saturated heterocycles. The Morgan fingerprint density at radius 3 is 1.67 bits per heavy atom. The maximum Gasteiger partial charge on any atom is 0.0714 e. The molecule has 0 aliphatic heterocycles. The van der Waals surface area contributed by atoms with Crippen molar-refractivity contribution in [3.8, 4) is 22.3 Å². The van der Waals surface area contributed by atoms with Gasteiger partial charge in [0, 0.05) is 31.4 Å². The van der Waals surface area contributed by atoms with Crippen molar-refractivity contribution in [3.63, 3.8) is 0 Å². The number of hydrogen-bond acceptors (Lipinski definition) is 2. The highest BCUT2D eigenvalue weighted by Gasteiger charge is 2.46. The van der Waals surface area contributed by atoms with Crippen LogP contribution >= 0.6 is 11.3 Å². The van der Waals surface area contributed by atoms with Gasteiger partial charge in [-0.15, -0.1) is 11.3 Å². The third-order valence-corrected chi connectivity index (χ3v) is 11.7. The van der Waals surface area contributed by atoms with Gasteiger partial charge in [-0.1, -0.05) is 164 Å². The van der Waals surface area contributed by atoms with Crippen LogP contribution in [0.4, 0.5) is 17.1 Å². The number of anilines is 3. The van der Waals surface area contributed by atoms with Gasteiger partial charge in [-0.25, -0.2) is 0 Å². The van der Waals surface area contributed by atoms with Crippen LogP contribution in [0.5, 0.6) is 0 Å². The summed E-state index contributed by atoms with van der Waals surface area (Å²) in [6, 6.07) is 73.3. The van der Waals surface area contributed by atoms with E-state index in [-0.39, 0.29) is 0 Å². The normalized spacial score (nSPS) is 12.9. The van der Waals surface area contributed by atoms with Crippen molar-refractivity contribution in [2.45, 2.75) is 5.41 Å². The van der Waals surface area contributed by atoms with Gasteiger partial charge in [-0.2, -0.15) is 0 Å². The van der Waals surface area contributed by atoms with E-state index in [0.717, 1.165) is 11.4 Å². The molecule has 0 spiro atoms. The van der Waals surface area contributed by atoms with Crippen LogP contribution in [0.3, 0.4) is 0 Å². The number of thiophene rings is 1. The molecule has 1 heterocycles. The molecule has 8 aromatic carbocycles. The van der Waals surface area contributed by atoms with Gasteiger partial charge < -0.3 is 4.90 Å². The molecule has 0 radical (unpaired) electrons. The maximum atomic E-state index is 2.47. The largest absolute Gasteiger partial charge is 0.309 e. The lowest BCUT2D eigenvalue weighted by Crippen LogP contribution is -2.28. The number of hydrogen-bond donors (Lipinski definition) is 0. The van der Waals surface area contributed by atoms with Crippen LogP contribution in [0.1, 0.15) is 22.3 Å². The molecule has 10 rings (SSSR count). The van der Waals surface area contributed by atoms with Crippen LogP contribution in [0, 0.1) is 0 Å². The molecule has 9 aromatic rings. The third kappa shape index (κ3) is 4.54. The molecule has 0 N–H and O–H groups in total. The Labute approximate surface area is 302 Å². The first-order valence-electron chi connectivity index (χ1n) is 17.5. The summed E-state index contributed by atoms with van der Waals surface area (Å²) in [5.41, 5.74) is 13.3. The molecule has 2 heteroatoms. The summed E-state index contributed by atoms with van der Waals surface area (Å²) in [6.45, 7) is 0. The summed E-state index contributed by atoms with van der Waals surface area (Å²) in [5.74, 6) is 0. The van der Waals surface area contributed by atoms with Crippen molar-refractivity contribution < 1.29 is 0 Å². The molecule has 1 nitrogen and oxygen atoms in total. The zero-order chi connectivity index (χ0) is 33.8. The van der Waals surface area contributed by atoms with Crippen molar-refractivity contribution in [2.75, 3.05) is 4.90 Å². The fourth-order valence-corrected chi connectivity index (χ4v) is 9.62. The van der Waals surface area contributed by atoms with Crippen molar-refractivity contribution in [2.24, 2.45) is 0 Å². The number of para-hydroxylation sites is 2. The predicted molar refractivity (Wildman–Crippen MR) is 217 cm³/mol. The summed E-state index contributed by atoms with van der Waals surface area (Å²) < 4.78 is 2.57. The van der Waals surface area contributed by atoms with Crippen LogP contribution in [-0.4, -0.2) is 0 Å². The van der Waals surface area contributed by atoms with Crippen LogP contribution in [0.15, 0.2) is 200 Å². The predicted octanol–water partition coefficient (Wildman–Crippen LogP) is 13.6. The average Bonchev–Trinajstić information content (AvgIpc) is 3.73. The van der Waals surface area contributed by atoms with E-state index in [4.69, 9.17) is 0 Å². The number of nitrogens with zero attached hydrogens (tertiary/aromatic N) is 1. The van der Waals surface area contributed by atoms with Crippen molar-refractivity contribution >= 4 is 48.6 Å². The van der Waals surface area contributed by atoms with E-state index in [1.807, 2.05) is 11.3 Å². The van der Waals surface area contributed by atoms with E-state index < -0.39 is 5.41 Å². The standard InChI is InChI=1S/C49H33NS/c1-4-17-34(18-5-1)38-23-12-15-28-44(38)50(37-21-8-3-9-22-37)45-29-16-30-46-48(45)41-32-31-36(33-47(41)51-46)49(35-19-6-2-7-20-35)42-26-13-10-24-39(42)40-25-11-14-27-43(40)49/h1-33H. The molecule has 0 bridgehead atoms. The third-order valence-electron chi connectivity index (χ3n) is 10.6. The van der Waals surface area contributed by atoms with Crippen molar-refractivity contribution in [3.05, 3.63) is 222 Å².